The number of aromatic nitrogens is 2. The molecule has 0 amide bonds. The van der Waals surface area contributed by atoms with Gasteiger partial charge in [-0.05, 0) is 13.3 Å². The molecule has 14 heavy (non-hydrogen) atoms. The molecule has 0 fully saturated rings. The molecule has 0 saturated heterocycles. The molecule has 0 saturated carbocycles. The highest BCUT2D eigenvalue weighted by molar-refractivity contribution is 8.01. The van der Waals surface area contributed by atoms with E-state index in [2.05, 4.69) is 21.6 Å². The number of nitrogens with zero attached hydrogens (tertiary/aromatic N) is 3. The van der Waals surface area contributed by atoms with Crippen LogP contribution < -0.4 is 5.32 Å². The number of anilines is 1. The molecule has 0 aliphatic rings. The van der Waals surface area contributed by atoms with E-state index in [1.54, 1.807) is 23.1 Å². The van der Waals surface area contributed by atoms with Crippen LogP contribution in [0, 0.1) is 11.3 Å². The second-order valence-corrected chi connectivity index (χ2v) is 4.83. The van der Waals surface area contributed by atoms with Crippen molar-refractivity contribution >= 4 is 28.2 Å². The number of thioether (sulfide) groups is 1. The minimum Gasteiger partial charge on any atom is -0.360 e. The Bertz CT molecular complexity index is 305. The van der Waals surface area contributed by atoms with Gasteiger partial charge in [-0.3, -0.25) is 0 Å². The fourth-order valence-corrected chi connectivity index (χ4v) is 2.63. The standard InChI is InChI=1S/C8H12N4S2/c1-2-10-7-11-12-8(14-7)13-6-4-3-5-9/h2-4,6H2,1H3,(H,10,11). The summed E-state index contributed by atoms with van der Waals surface area (Å²) < 4.78 is 0.971. The van der Waals surface area contributed by atoms with E-state index in [1.807, 2.05) is 6.92 Å². The molecular weight excluding hydrogens is 216 g/mol. The Hall–Kier alpha value is -0.800. The van der Waals surface area contributed by atoms with Gasteiger partial charge in [-0.25, -0.2) is 0 Å². The highest BCUT2D eigenvalue weighted by Crippen LogP contribution is 2.25. The lowest BCUT2D eigenvalue weighted by Gasteiger charge is -1.92. The fraction of sp³-hybridized carbons (Fsp3) is 0.625. The molecular formula is C8H12N4S2. The predicted octanol–water partition coefficient (Wildman–Crippen LogP) is 2.37. The smallest absolute Gasteiger partial charge is 0.206 e. The maximum absolute atomic E-state index is 8.34. The summed E-state index contributed by atoms with van der Waals surface area (Å²) in [4.78, 5) is 0. The highest BCUT2D eigenvalue weighted by atomic mass is 32.2. The number of hydrogen-bond donors (Lipinski definition) is 1. The van der Waals surface area contributed by atoms with Crippen molar-refractivity contribution in [1.82, 2.24) is 10.2 Å². The highest BCUT2D eigenvalue weighted by Gasteiger charge is 2.02. The van der Waals surface area contributed by atoms with E-state index >= 15 is 0 Å². The van der Waals surface area contributed by atoms with Crippen molar-refractivity contribution in [1.29, 1.82) is 5.26 Å². The van der Waals surface area contributed by atoms with Gasteiger partial charge < -0.3 is 5.32 Å². The first-order chi connectivity index (χ1) is 6.86. The van der Waals surface area contributed by atoms with E-state index in [0.717, 1.165) is 28.2 Å². The summed E-state index contributed by atoms with van der Waals surface area (Å²) in [7, 11) is 0. The fourth-order valence-electron chi connectivity index (χ4n) is 0.801. The van der Waals surface area contributed by atoms with Crippen LogP contribution in [0.2, 0.25) is 0 Å². The maximum Gasteiger partial charge on any atom is 0.206 e. The first kappa shape index (κ1) is 11.3. The summed E-state index contributed by atoms with van der Waals surface area (Å²) in [5.41, 5.74) is 0. The third-order valence-electron chi connectivity index (χ3n) is 1.39. The normalized spacial score (nSPS) is 9.71. The number of hydrogen-bond acceptors (Lipinski definition) is 6. The largest absolute Gasteiger partial charge is 0.360 e. The number of nitrogens with one attached hydrogen (secondary N) is 1. The van der Waals surface area contributed by atoms with Crippen LogP contribution in [0.1, 0.15) is 19.8 Å². The molecule has 0 radical (unpaired) electrons. The summed E-state index contributed by atoms with van der Waals surface area (Å²) in [6, 6.07) is 2.12. The summed E-state index contributed by atoms with van der Waals surface area (Å²) in [5, 5.41) is 20.3. The summed E-state index contributed by atoms with van der Waals surface area (Å²) in [6.07, 6.45) is 1.53. The van der Waals surface area contributed by atoms with E-state index in [1.165, 1.54) is 0 Å². The lowest BCUT2D eigenvalue weighted by molar-refractivity contribution is 0.969. The van der Waals surface area contributed by atoms with Gasteiger partial charge in [0.1, 0.15) is 0 Å². The van der Waals surface area contributed by atoms with Crippen LogP contribution in [-0.2, 0) is 0 Å². The van der Waals surface area contributed by atoms with Crippen LogP contribution in [0.5, 0.6) is 0 Å². The molecule has 1 rings (SSSR count). The Morgan fingerprint density at radius 2 is 2.43 bits per heavy atom. The second-order valence-electron chi connectivity index (χ2n) is 2.51. The Kier molecular flexibility index (Phi) is 5.33. The van der Waals surface area contributed by atoms with Crippen LogP contribution in [0.15, 0.2) is 4.34 Å². The number of unbranched alkanes of at least 4 members (excludes halogenated alkanes) is 1. The molecule has 0 unspecified atom stereocenters. The molecule has 1 N–H and O–H groups in total. The lowest BCUT2D eigenvalue weighted by atomic mass is 10.4. The molecule has 6 heteroatoms. The molecule has 0 aliphatic heterocycles. The van der Waals surface area contributed by atoms with Crippen LogP contribution in [0.3, 0.4) is 0 Å². The van der Waals surface area contributed by atoms with Crippen molar-refractivity contribution in [3.05, 3.63) is 0 Å². The lowest BCUT2D eigenvalue weighted by Crippen LogP contribution is -1.94. The van der Waals surface area contributed by atoms with Crippen LogP contribution >= 0.6 is 23.1 Å². The van der Waals surface area contributed by atoms with Crippen molar-refractivity contribution in [3.8, 4) is 6.07 Å². The third kappa shape index (κ3) is 3.94. The summed E-state index contributed by atoms with van der Waals surface area (Å²) >= 11 is 3.22. The van der Waals surface area contributed by atoms with Gasteiger partial charge in [-0.15, -0.1) is 10.2 Å². The maximum atomic E-state index is 8.34. The van der Waals surface area contributed by atoms with Gasteiger partial charge in [0.05, 0.1) is 6.07 Å². The van der Waals surface area contributed by atoms with E-state index < -0.39 is 0 Å². The summed E-state index contributed by atoms with van der Waals surface area (Å²) in [6.45, 7) is 2.90. The predicted molar refractivity (Wildman–Crippen MR) is 59.6 cm³/mol. The zero-order valence-electron chi connectivity index (χ0n) is 7.99. The Labute approximate surface area is 91.7 Å². The molecule has 0 aromatic carbocycles. The van der Waals surface area contributed by atoms with Crippen molar-refractivity contribution in [2.75, 3.05) is 17.6 Å². The molecule has 0 spiro atoms. The molecule has 0 atom stereocenters. The number of nitriles is 1. The first-order valence-electron chi connectivity index (χ1n) is 4.44. The zero-order chi connectivity index (χ0) is 10.2. The monoisotopic (exact) mass is 228 g/mol. The van der Waals surface area contributed by atoms with Crippen LogP contribution in [-0.4, -0.2) is 22.5 Å². The minimum atomic E-state index is 0.617. The van der Waals surface area contributed by atoms with Gasteiger partial charge in [0.25, 0.3) is 0 Å². The average molecular weight is 228 g/mol. The van der Waals surface area contributed by atoms with Gasteiger partial charge in [-0.2, -0.15) is 5.26 Å². The van der Waals surface area contributed by atoms with Gasteiger partial charge >= 0.3 is 0 Å². The van der Waals surface area contributed by atoms with Crippen molar-refractivity contribution in [3.63, 3.8) is 0 Å². The molecule has 1 aromatic rings. The van der Waals surface area contributed by atoms with Crippen molar-refractivity contribution in [2.45, 2.75) is 24.1 Å². The van der Waals surface area contributed by atoms with Gasteiger partial charge in [0.15, 0.2) is 4.34 Å². The molecule has 0 bridgehead atoms. The molecule has 4 nitrogen and oxygen atoms in total. The zero-order valence-corrected chi connectivity index (χ0v) is 9.62. The van der Waals surface area contributed by atoms with Gasteiger partial charge in [0.2, 0.25) is 5.13 Å². The van der Waals surface area contributed by atoms with E-state index in [0.29, 0.717) is 6.42 Å². The van der Waals surface area contributed by atoms with Crippen LogP contribution in [0.25, 0.3) is 0 Å². The first-order valence-corrected chi connectivity index (χ1v) is 6.24. The molecule has 1 aromatic heterocycles. The van der Waals surface area contributed by atoms with Crippen molar-refractivity contribution < 1.29 is 0 Å². The SMILES string of the molecule is CCNc1nnc(SCCCC#N)s1. The topological polar surface area (TPSA) is 61.6 Å². The van der Waals surface area contributed by atoms with E-state index in [-0.39, 0.29) is 0 Å². The minimum absolute atomic E-state index is 0.617. The number of rotatable bonds is 6. The Balaban J connectivity index is 2.26. The van der Waals surface area contributed by atoms with Gasteiger partial charge in [-0.1, -0.05) is 23.1 Å². The Morgan fingerprint density at radius 1 is 1.57 bits per heavy atom. The molecule has 0 aliphatic carbocycles. The van der Waals surface area contributed by atoms with Crippen molar-refractivity contribution in [2.24, 2.45) is 0 Å². The Morgan fingerprint density at radius 3 is 3.14 bits per heavy atom. The second kappa shape index (κ2) is 6.62. The third-order valence-corrected chi connectivity index (χ3v) is 3.49. The summed E-state index contributed by atoms with van der Waals surface area (Å²) in [5.74, 6) is 0.939. The van der Waals surface area contributed by atoms with E-state index in [9.17, 15) is 0 Å². The van der Waals surface area contributed by atoms with E-state index in [4.69, 9.17) is 5.26 Å². The van der Waals surface area contributed by atoms with Crippen LogP contribution in [0.4, 0.5) is 5.13 Å². The molecule has 1 heterocycles. The average Bonchev–Trinajstić information content (AvgIpc) is 2.61. The molecule has 76 valence electrons. The quantitative estimate of drug-likeness (QED) is 0.598. The van der Waals surface area contributed by atoms with Gasteiger partial charge in [0, 0.05) is 18.7 Å².